The summed E-state index contributed by atoms with van der Waals surface area (Å²) in [6.45, 7) is 0.814. The number of thiazole rings is 1. The first kappa shape index (κ1) is 16.4. The lowest BCUT2D eigenvalue weighted by molar-refractivity contribution is -0.139. The maximum atomic E-state index is 11.9. The Morgan fingerprint density at radius 3 is 2.90 bits per heavy atom. The Morgan fingerprint density at radius 2 is 2.35 bits per heavy atom. The fourth-order valence-corrected chi connectivity index (χ4v) is 2.13. The van der Waals surface area contributed by atoms with Crippen LogP contribution >= 0.6 is 11.3 Å². The van der Waals surface area contributed by atoms with Crippen LogP contribution in [0.5, 0.6) is 0 Å². The molecule has 1 atom stereocenters. The molecule has 1 unspecified atom stereocenters. The standard InChI is InChI=1S/C12H19N3O4S/c1-15(6-9-7-20-8-13-9)12(18)14-10(11(16)17)4-3-5-19-2/h7-8,10H,3-6H2,1-2H3,(H,14,18)(H,16,17). The predicted molar refractivity (Wildman–Crippen MR) is 74.6 cm³/mol. The monoisotopic (exact) mass is 301 g/mol. The summed E-state index contributed by atoms with van der Waals surface area (Å²) < 4.78 is 4.87. The number of carboxylic acid groups (broad SMARTS) is 1. The number of methoxy groups -OCH3 is 1. The van der Waals surface area contributed by atoms with Crippen molar-refractivity contribution in [2.75, 3.05) is 20.8 Å². The quantitative estimate of drug-likeness (QED) is 0.703. The first-order valence-corrected chi connectivity index (χ1v) is 7.09. The highest BCUT2D eigenvalue weighted by Crippen LogP contribution is 2.05. The van der Waals surface area contributed by atoms with Gasteiger partial charge in [0.1, 0.15) is 6.04 Å². The predicted octanol–water partition coefficient (Wildman–Crippen LogP) is 1.16. The van der Waals surface area contributed by atoms with E-state index in [2.05, 4.69) is 10.3 Å². The fourth-order valence-electron chi connectivity index (χ4n) is 1.58. The van der Waals surface area contributed by atoms with Gasteiger partial charge in [-0.2, -0.15) is 0 Å². The summed E-state index contributed by atoms with van der Waals surface area (Å²) in [4.78, 5) is 28.5. The van der Waals surface area contributed by atoms with Crippen molar-refractivity contribution in [3.05, 3.63) is 16.6 Å². The first-order chi connectivity index (χ1) is 9.54. The maximum Gasteiger partial charge on any atom is 0.326 e. The van der Waals surface area contributed by atoms with Crippen LogP contribution in [-0.4, -0.2) is 53.8 Å². The minimum absolute atomic E-state index is 0.333. The smallest absolute Gasteiger partial charge is 0.326 e. The number of carboxylic acids is 1. The van der Waals surface area contributed by atoms with E-state index in [1.165, 1.54) is 16.2 Å². The van der Waals surface area contributed by atoms with Gasteiger partial charge in [0.25, 0.3) is 0 Å². The van der Waals surface area contributed by atoms with Gasteiger partial charge in [0.2, 0.25) is 0 Å². The molecule has 7 nitrogen and oxygen atoms in total. The number of carbonyl (C=O) groups excluding carboxylic acids is 1. The Bertz CT molecular complexity index is 424. The summed E-state index contributed by atoms with van der Waals surface area (Å²) >= 11 is 1.45. The van der Waals surface area contributed by atoms with Crippen LogP contribution in [-0.2, 0) is 16.1 Å². The SMILES string of the molecule is COCCCC(NC(=O)N(C)Cc1cscn1)C(=O)O. The average Bonchev–Trinajstić information content (AvgIpc) is 2.90. The van der Waals surface area contributed by atoms with Gasteiger partial charge in [0.15, 0.2) is 0 Å². The molecule has 8 heteroatoms. The number of urea groups is 1. The lowest BCUT2D eigenvalue weighted by Crippen LogP contribution is -2.46. The van der Waals surface area contributed by atoms with Gasteiger partial charge in [0.05, 0.1) is 17.7 Å². The van der Waals surface area contributed by atoms with E-state index in [1.807, 2.05) is 5.38 Å². The van der Waals surface area contributed by atoms with E-state index in [0.717, 1.165) is 5.69 Å². The highest BCUT2D eigenvalue weighted by Gasteiger charge is 2.21. The molecule has 0 aliphatic carbocycles. The van der Waals surface area contributed by atoms with Crippen molar-refractivity contribution in [1.29, 1.82) is 0 Å². The summed E-state index contributed by atoms with van der Waals surface area (Å²) in [6.07, 6.45) is 0.906. The van der Waals surface area contributed by atoms with Crippen molar-refractivity contribution >= 4 is 23.3 Å². The van der Waals surface area contributed by atoms with E-state index in [0.29, 0.717) is 26.0 Å². The number of nitrogens with one attached hydrogen (secondary N) is 1. The summed E-state index contributed by atoms with van der Waals surface area (Å²) in [7, 11) is 3.15. The number of nitrogens with zero attached hydrogens (tertiary/aromatic N) is 2. The molecule has 2 N–H and O–H groups in total. The molecule has 0 aliphatic heterocycles. The number of carbonyl (C=O) groups is 2. The van der Waals surface area contributed by atoms with Crippen molar-refractivity contribution in [1.82, 2.24) is 15.2 Å². The third kappa shape index (κ3) is 5.54. The third-order valence-corrected chi connectivity index (χ3v) is 3.30. The van der Waals surface area contributed by atoms with Gasteiger partial charge in [-0.05, 0) is 12.8 Å². The van der Waals surface area contributed by atoms with Crippen LogP contribution in [0.4, 0.5) is 4.79 Å². The van der Waals surface area contributed by atoms with Gasteiger partial charge >= 0.3 is 12.0 Å². The van der Waals surface area contributed by atoms with Crippen LogP contribution in [0.2, 0.25) is 0 Å². The second-order valence-corrected chi connectivity index (χ2v) is 5.03. The van der Waals surface area contributed by atoms with Crippen LogP contribution in [0.3, 0.4) is 0 Å². The van der Waals surface area contributed by atoms with Crippen molar-refractivity contribution in [3.8, 4) is 0 Å². The normalized spacial score (nSPS) is 11.9. The lowest BCUT2D eigenvalue weighted by Gasteiger charge is -2.20. The number of hydrogen-bond donors (Lipinski definition) is 2. The van der Waals surface area contributed by atoms with Gasteiger partial charge in [-0.25, -0.2) is 14.6 Å². The molecule has 0 radical (unpaired) electrons. The van der Waals surface area contributed by atoms with Crippen LogP contribution in [0.25, 0.3) is 0 Å². The highest BCUT2D eigenvalue weighted by atomic mass is 32.1. The van der Waals surface area contributed by atoms with Crippen molar-refractivity contribution < 1.29 is 19.4 Å². The maximum absolute atomic E-state index is 11.9. The van der Waals surface area contributed by atoms with Crippen molar-refractivity contribution in [2.24, 2.45) is 0 Å². The molecule has 0 bridgehead atoms. The van der Waals surface area contributed by atoms with E-state index < -0.39 is 18.0 Å². The Balaban J connectivity index is 2.45. The Kier molecular flexibility index (Phi) is 6.96. The van der Waals surface area contributed by atoms with E-state index in [-0.39, 0.29) is 0 Å². The van der Waals surface area contributed by atoms with E-state index in [4.69, 9.17) is 9.84 Å². The summed E-state index contributed by atoms with van der Waals surface area (Å²) in [5, 5.41) is 13.4. The zero-order valence-corrected chi connectivity index (χ0v) is 12.4. The molecular formula is C12H19N3O4S. The summed E-state index contributed by atoms with van der Waals surface area (Å²) in [5.41, 5.74) is 2.46. The van der Waals surface area contributed by atoms with Gasteiger partial charge in [-0.15, -0.1) is 11.3 Å². The molecule has 112 valence electrons. The van der Waals surface area contributed by atoms with E-state index in [9.17, 15) is 9.59 Å². The molecule has 0 spiro atoms. The second kappa shape index (κ2) is 8.49. The van der Waals surface area contributed by atoms with Crippen molar-refractivity contribution in [2.45, 2.75) is 25.4 Å². The Morgan fingerprint density at radius 1 is 1.60 bits per heavy atom. The fraction of sp³-hybridized carbons (Fsp3) is 0.583. The number of aromatic nitrogens is 1. The zero-order chi connectivity index (χ0) is 15.0. The molecule has 0 aromatic carbocycles. The number of aliphatic carboxylic acids is 1. The van der Waals surface area contributed by atoms with Gasteiger partial charge in [0, 0.05) is 26.1 Å². The number of rotatable bonds is 8. The van der Waals surface area contributed by atoms with Gasteiger partial charge in [-0.3, -0.25) is 0 Å². The van der Waals surface area contributed by atoms with Crippen LogP contribution in [0.15, 0.2) is 10.9 Å². The molecule has 0 fully saturated rings. The van der Waals surface area contributed by atoms with Gasteiger partial charge < -0.3 is 20.1 Å². The molecule has 0 saturated carbocycles. The minimum Gasteiger partial charge on any atom is -0.480 e. The van der Waals surface area contributed by atoms with Crippen LogP contribution in [0, 0.1) is 0 Å². The molecule has 20 heavy (non-hydrogen) atoms. The molecule has 1 aromatic heterocycles. The van der Waals surface area contributed by atoms with Gasteiger partial charge in [-0.1, -0.05) is 0 Å². The highest BCUT2D eigenvalue weighted by molar-refractivity contribution is 7.07. The van der Waals surface area contributed by atoms with E-state index >= 15 is 0 Å². The molecule has 1 heterocycles. The number of hydrogen-bond acceptors (Lipinski definition) is 5. The molecular weight excluding hydrogens is 282 g/mol. The molecule has 0 aliphatic rings. The molecule has 2 amide bonds. The minimum atomic E-state index is -1.04. The lowest BCUT2D eigenvalue weighted by atomic mass is 10.1. The first-order valence-electron chi connectivity index (χ1n) is 6.15. The van der Waals surface area contributed by atoms with Crippen LogP contribution < -0.4 is 5.32 Å². The number of amides is 2. The molecule has 1 rings (SSSR count). The largest absolute Gasteiger partial charge is 0.480 e. The topological polar surface area (TPSA) is 91.8 Å². The average molecular weight is 301 g/mol. The van der Waals surface area contributed by atoms with Crippen LogP contribution in [0.1, 0.15) is 18.5 Å². The molecule has 1 aromatic rings. The second-order valence-electron chi connectivity index (χ2n) is 4.31. The number of ether oxygens (including phenoxy) is 1. The molecule has 0 saturated heterocycles. The Hall–Kier alpha value is -1.67. The Labute approximate surface area is 121 Å². The summed E-state index contributed by atoms with van der Waals surface area (Å²) in [5.74, 6) is -1.04. The summed E-state index contributed by atoms with van der Waals surface area (Å²) in [6, 6.07) is -1.33. The van der Waals surface area contributed by atoms with E-state index in [1.54, 1.807) is 19.7 Å². The van der Waals surface area contributed by atoms with Crippen molar-refractivity contribution in [3.63, 3.8) is 0 Å². The third-order valence-electron chi connectivity index (χ3n) is 2.67. The zero-order valence-electron chi connectivity index (χ0n) is 11.5.